The first kappa shape index (κ1) is 10.6. The lowest BCUT2D eigenvalue weighted by Gasteiger charge is -2.08. The van der Waals surface area contributed by atoms with Crippen LogP contribution in [0.5, 0.6) is 0 Å². The fourth-order valence-corrected chi connectivity index (χ4v) is 2.91. The summed E-state index contributed by atoms with van der Waals surface area (Å²) in [7, 11) is 0. The van der Waals surface area contributed by atoms with Crippen molar-refractivity contribution in [1.82, 2.24) is 0 Å². The monoisotopic (exact) mass is 246 g/mol. The van der Waals surface area contributed by atoms with Crippen LogP contribution in [0.4, 0.5) is 0 Å². The van der Waals surface area contributed by atoms with Crippen molar-refractivity contribution in [2.45, 2.75) is 12.8 Å². The van der Waals surface area contributed by atoms with Crippen molar-refractivity contribution >= 4 is 22.6 Å². The summed E-state index contributed by atoms with van der Waals surface area (Å²) in [6.07, 6.45) is 2.25. The molecule has 0 amide bonds. The number of hydrogen-bond donors (Lipinski definition) is 0. The number of para-hydroxylation sites is 1. The van der Waals surface area contributed by atoms with E-state index < -0.39 is 0 Å². The third kappa shape index (κ3) is 1.55. The maximum absolute atomic E-state index is 5.99. The van der Waals surface area contributed by atoms with Gasteiger partial charge in [-0.1, -0.05) is 49.4 Å². The van der Waals surface area contributed by atoms with Crippen molar-refractivity contribution in [2.24, 2.45) is 0 Å². The van der Waals surface area contributed by atoms with Crippen molar-refractivity contribution in [3.63, 3.8) is 0 Å². The van der Waals surface area contributed by atoms with Gasteiger partial charge in [0.25, 0.3) is 0 Å². The molecule has 1 aliphatic rings. The van der Waals surface area contributed by atoms with Crippen molar-refractivity contribution in [2.75, 3.05) is 0 Å². The Kier molecular flexibility index (Phi) is 2.16. The van der Waals surface area contributed by atoms with Gasteiger partial charge in [-0.3, -0.25) is 0 Å². The van der Waals surface area contributed by atoms with Crippen LogP contribution < -0.4 is 0 Å². The van der Waals surface area contributed by atoms with E-state index in [1.165, 1.54) is 22.1 Å². The third-order valence-electron chi connectivity index (χ3n) is 3.95. The lowest BCUT2D eigenvalue weighted by Crippen LogP contribution is -1.91. The fourth-order valence-electron chi connectivity index (χ4n) is 2.91. The average molecular weight is 246 g/mol. The van der Waals surface area contributed by atoms with Crippen LogP contribution in [0, 0.1) is 0 Å². The number of furan rings is 1. The molecule has 0 aliphatic heterocycles. The largest absolute Gasteiger partial charge is 0.456 e. The van der Waals surface area contributed by atoms with Gasteiger partial charge in [0.1, 0.15) is 11.3 Å². The molecule has 2 aromatic carbocycles. The molecule has 0 fully saturated rings. The van der Waals surface area contributed by atoms with Crippen molar-refractivity contribution < 1.29 is 4.42 Å². The topological polar surface area (TPSA) is 13.1 Å². The van der Waals surface area contributed by atoms with Crippen molar-refractivity contribution in [1.29, 1.82) is 0 Å². The maximum Gasteiger partial charge on any atom is 0.134 e. The van der Waals surface area contributed by atoms with E-state index in [0.29, 0.717) is 5.92 Å². The molecule has 3 aromatic rings. The van der Waals surface area contributed by atoms with E-state index in [1.807, 2.05) is 18.2 Å². The Morgan fingerprint density at radius 1 is 0.947 bits per heavy atom. The highest BCUT2D eigenvalue weighted by Gasteiger charge is 2.24. The van der Waals surface area contributed by atoms with E-state index in [-0.39, 0.29) is 0 Å². The van der Waals surface area contributed by atoms with Crippen LogP contribution in [0.1, 0.15) is 29.7 Å². The predicted octanol–water partition coefficient (Wildman–Crippen LogP) is 5.09. The van der Waals surface area contributed by atoms with E-state index in [2.05, 4.69) is 49.4 Å². The minimum Gasteiger partial charge on any atom is -0.456 e. The molecule has 4 rings (SSSR count). The molecule has 0 bridgehead atoms. The van der Waals surface area contributed by atoms with Gasteiger partial charge in [0, 0.05) is 16.9 Å². The summed E-state index contributed by atoms with van der Waals surface area (Å²) < 4.78 is 5.99. The molecular formula is C18H14O. The molecule has 0 saturated heterocycles. The first-order valence-corrected chi connectivity index (χ1v) is 6.62. The molecule has 92 valence electrons. The Hall–Kier alpha value is -2.28. The highest BCUT2D eigenvalue weighted by molar-refractivity contribution is 5.92. The second-order valence-electron chi connectivity index (χ2n) is 5.10. The summed E-state index contributed by atoms with van der Waals surface area (Å²) in [6.45, 7) is 2.24. The molecule has 1 atom stereocenters. The minimum absolute atomic E-state index is 0.400. The Morgan fingerprint density at radius 3 is 2.58 bits per heavy atom. The van der Waals surface area contributed by atoms with E-state index in [9.17, 15) is 0 Å². The molecule has 0 N–H and O–H groups in total. The van der Waals surface area contributed by atoms with Crippen LogP contribution in [0.25, 0.3) is 22.6 Å². The van der Waals surface area contributed by atoms with Crippen molar-refractivity contribution in [3.05, 3.63) is 71.5 Å². The molecule has 0 radical (unpaired) electrons. The predicted molar refractivity (Wildman–Crippen MR) is 78.9 cm³/mol. The van der Waals surface area contributed by atoms with Gasteiger partial charge in [0.2, 0.25) is 0 Å². The van der Waals surface area contributed by atoms with E-state index in [0.717, 1.165) is 11.3 Å². The van der Waals surface area contributed by atoms with E-state index >= 15 is 0 Å². The zero-order valence-corrected chi connectivity index (χ0v) is 10.8. The van der Waals surface area contributed by atoms with Gasteiger partial charge in [-0.2, -0.15) is 0 Å². The van der Waals surface area contributed by atoms with Crippen LogP contribution >= 0.6 is 0 Å². The van der Waals surface area contributed by atoms with Crippen molar-refractivity contribution in [3.8, 4) is 0 Å². The van der Waals surface area contributed by atoms with Crippen LogP contribution in [-0.2, 0) is 0 Å². The highest BCUT2D eigenvalue weighted by Crippen LogP contribution is 2.42. The van der Waals surface area contributed by atoms with Gasteiger partial charge in [-0.15, -0.1) is 0 Å². The normalized spacial score (nSPS) is 17.5. The van der Waals surface area contributed by atoms with E-state index in [1.54, 1.807) is 0 Å². The van der Waals surface area contributed by atoms with Crippen LogP contribution in [0.15, 0.2) is 59.0 Å². The summed E-state index contributed by atoms with van der Waals surface area (Å²) >= 11 is 0. The Morgan fingerprint density at radius 2 is 1.74 bits per heavy atom. The van der Waals surface area contributed by atoms with Gasteiger partial charge in [-0.05, 0) is 29.3 Å². The number of rotatable bonds is 1. The Balaban J connectivity index is 1.86. The summed E-state index contributed by atoms with van der Waals surface area (Å²) in [4.78, 5) is 0. The molecular weight excluding hydrogens is 232 g/mol. The molecule has 1 aliphatic carbocycles. The number of benzene rings is 2. The summed E-state index contributed by atoms with van der Waals surface area (Å²) in [6, 6.07) is 18.9. The molecule has 1 heterocycles. The number of allylic oxidation sites excluding steroid dienone is 1. The van der Waals surface area contributed by atoms with Crippen LogP contribution in [0.2, 0.25) is 0 Å². The summed E-state index contributed by atoms with van der Waals surface area (Å²) in [5.74, 6) is 1.39. The molecule has 1 heteroatoms. The second kappa shape index (κ2) is 3.86. The first-order valence-electron chi connectivity index (χ1n) is 6.62. The molecule has 1 nitrogen and oxygen atoms in total. The summed E-state index contributed by atoms with van der Waals surface area (Å²) in [5.41, 5.74) is 4.93. The van der Waals surface area contributed by atoms with Gasteiger partial charge in [0.15, 0.2) is 0 Å². The smallest absolute Gasteiger partial charge is 0.134 e. The Labute approximate surface area is 112 Å². The molecule has 1 aromatic heterocycles. The highest BCUT2D eigenvalue weighted by atomic mass is 16.3. The second-order valence-corrected chi connectivity index (χ2v) is 5.10. The first-order chi connectivity index (χ1) is 9.33. The summed E-state index contributed by atoms with van der Waals surface area (Å²) in [5, 5.41) is 1.17. The molecule has 19 heavy (non-hydrogen) atoms. The SMILES string of the molecule is CC1C(c2cc3ccccc3o2)=Cc2ccccc21. The quantitative estimate of drug-likeness (QED) is 0.583. The van der Waals surface area contributed by atoms with Gasteiger partial charge < -0.3 is 4.42 Å². The van der Waals surface area contributed by atoms with Crippen LogP contribution in [0.3, 0.4) is 0 Å². The molecule has 0 saturated carbocycles. The zero-order valence-electron chi connectivity index (χ0n) is 10.8. The lowest BCUT2D eigenvalue weighted by atomic mass is 9.96. The van der Waals surface area contributed by atoms with Gasteiger partial charge in [-0.25, -0.2) is 0 Å². The number of hydrogen-bond acceptors (Lipinski definition) is 1. The Bertz CT molecular complexity index is 759. The minimum atomic E-state index is 0.400. The fraction of sp³-hybridized carbons (Fsp3) is 0.111. The van der Waals surface area contributed by atoms with Crippen LogP contribution in [-0.4, -0.2) is 0 Å². The number of fused-ring (bicyclic) bond motifs is 2. The van der Waals surface area contributed by atoms with Gasteiger partial charge in [0.05, 0.1) is 0 Å². The standard InChI is InChI=1S/C18H14O/c1-12-15-8-4-2-6-13(15)10-16(12)18-11-14-7-3-5-9-17(14)19-18/h2-12H,1H3. The average Bonchev–Trinajstić information content (AvgIpc) is 3.00. The van der Waals surface area contributed by atoms with Gasteiger partial charge >= 0.3 is 0 Å². The molecule has 1 unspecified atom stereocenters. The lowest BCUT2D eigenvalue weighted by molar-refractivity contribution is 0.595. The molecule has 0 spiro atoms. The maximum atomic E-state index is 5.99. The van der Waals surface area contributed by atoms with E-state index in [4.69, 9.17) is 4.42 Å². The third-order valence-corrected chi connectivity index (χ3v) is 3.95. The zero-order chi connectivity index (χ0) is 12.8.